The van der Waals surface area contributed by atoms with Gasteiger partial charge in [0.2, 0.25) is 0 Å². The van der Waals surface area contributed by atoms with Crippen molar-refractivity contribution in [3.63, 3.8) is 0 Å². The van der Waals surface area contributed by atoms with E-state index in [0.717, 1.165) is 12.8 Å². The first-order valence-corrected chi connectivity index (χ1v) is 7.70. The molecular weight excluding hydrogens is 268 g/mol. The number of hydrogen-bond donors (Lipinski definition) is 2. The summed E-state index contributed by atoms with van der Waals surface area (Å²) in [6.07, 6.45) is 8.00. The van der Waals surface area contributed by atoms with Crippen LogP contribution in [0.4, 0.5) is 0 Å². The van der Waals surface area contributed by atoms with E-state index in [-0.39, 0.29) is 24.1 Å². The number of rotatable bonds is 5. The highest BCUT2D eigenvalue weighted by Gasteiger charge is 2.25. The molecule has 116 valence electrons. The smallest absolute Gasteiger partial charge is 0.251 e. The highest BCUT2D eigenvalue weighted by molar-refractivity contribution is 5.94. The average molecular weight is 292 g/mol. The van der Waals surface area contributed by atoms with Gasteiger partial charge in [0.1, 0.15) is 0 Å². The molecule has 1 aromatic rings. The van der Waals surface area contributed by atoms with Gasteiger partial charge in [-0.1, -0.05) is 19.3 Å². The highest BCUT2D eigenvalue weighted by Crippen LogP contribution is 2.27. The van der Waals surface area contributed by atoms with Crippen molar-refractivity contribution < 1.29 is 9.90 Å². The monoisotopic (exact) mass is 292 g/mol. The van der Waals surface area contributed by atoms with Crippen molar-refractivity contribution in [3.8, 4) is 0 Å². The topological polar surface area (TPSA) is 71.3 Å². The number of aromatic nitrogens is 1. The van der Waals surface area contributed by atoms with Crippen molar-refractivity contribution in [1.29, 1.82) is 0 Å². The highest BCUT2D eigenvalue weighted by atomic mass is 16.3. The van der Waals surface area contributed by atoms with Gasteiger partial charge in [0.25, 0.3) is 11.5 Å². The molecule has 1 unspecified atom stereocenters. The molecule has 5 heteroatoms. The van der Waals surface area contributed by atoms with Gasteiger partial charge in [-0.3, -0.25) is 9.59 Å². The summed E-state index contributed by atoms with van der Waals surface area (Å²) in [6.45, 7) is 0.0675. The number of aliphatic hydroxyl groups excluding tert-OH is 1. The molecule has 1 atom stereocenters. The SMILES string of the molecule is Cn1ccc(C(=O)NC(CCO)C2CCCCC2)cc1=O. The maximum absolute atomic E-state index is 12.3. The van der Waals surface area contributed by atoms with Gasteiger partial charge >= 0.3 is 0 Å². The first-order valence-electron chi connectivity index (χ1n) is 7.70. The van der Waals surface area contributed by atoms with Crippen LogP contribution in [0.15, 0.2) is 23.1 Å². The standard InChI is InChI=1S/C16H24N2O3/c1-18-9-7-13(11-15(18)20)16(21)17-14(8-10-19)12-5-3-2-4-6-12/h7,9,11-12,14,19H,2-6,8,10H2,1H3,(H,17,21). The Labute approximate surface area is 125 Å². The van der Waals surface area contributed by atoms with Crippen LogP contribution < -0.4 is 10.9 Å². The van der Waals surface area contributed by atoms with Crippen LogP contribution in [0.3, 0.4) is 0 Å². The van der Waals surface area contributed by atoms with Gasteiger partial charge in [0.15, 0.2) is 0 Å². The molecule has 0 aromatic carbocycles. The van der Waals surface area contributed by atoms with E-state index in [1.165, 1.54) is 29.9 Å². The second-order valence-corrected chi connectivity index (χ2v) is 5.85. The molecule has 1 saturated carbocycles. The van der Waals surface area contributed by atoms with Crippen LogP contribution in [0.5, 0.6) is 0 Å². The van der Waals surface area contributed by atoms with Gasteiger partial charge in [-0.15, -0.1) is 0 Å². The molecule has 21 heavy (non-hydrogen) atoms. The lowest BCUT2D eigenvalue weighted by atomic mass is 9.82. The van der Waals surface area contributed by atoms with Crippen molar-refractivity contribution in [2.24, 2.45) is 13.0 Å². The summed E-state index contributed by atoms with van der Waals surface area (Å²) in [4.78, 5) is 23.9. The predicted octanol–water partition coefficient (Wildman–Crippen LogP) is 1.45. The molecule has 0 bridgehead atoms. The van der Waals surface area contributed by atoms with Crippen LogP contribution in [0.2, 0.25) is 0 Å². The molecule has 1 aromatic heterocycles. The first kappa shape index (κ1) is 15.8. The van der Waals surface area contributed by atoms with Gasteiger partial charge in [-0.25, -0.2) is 0 Å². The molecule has 0 saturated heterocycles. The number of hydrogen-bond acceptors (Lipinski definition) is 3. The molecule has 1 heterocycles. The third-order valence-electron chi connectivity index (χ3n) is 4.34. The fraction of sp³-hybridized carbons (Fsp3) is 0.625. The second-order valence-electron chi connectivity index (χ2n) is 5.85. The molecule has 0 aliphatic heterocycles. The predicted molar refractivity (Wildman–Crippen MR) is 81.2 cm³/mol. The Morgan fingerprint density at radius 3 is 2.76 bits per heavy atom. The fourth-order valence-electron chi connectivity index (χ4n) is 3.04. The van der Waals surface area contributed by atoms with Crippen molar-refractivity contribution in [2.75, 3.05) is 6.61 Å². The maximum atomic E-state index is 12.3. The zero-order valence-corrected chi connectivity index (χ0v) is 12.5. The van der Waals surface area contributed by atoms with Crippen LogP contribution in [0.25, 0.3) is 0 Å². The lowest BCUT2D eigenvalue weighted by molar-refractivity contribution is 0.0899. The number of pyridine rings is 1. The Morgan fingerprint density at radius 1 is 1.43 bits per heavy atom. The summed E-state index contributed by atoms with van der Waals surface area (Å²) in [5.41, 5.74) is 0.191. The number of nitrogens with one attached hydrogen (secondary N) is 1. The molecular formula is C16H24N2O3. The first-order chi connectivity index (χ1) is 10.1. The number of amides is 1. The van der Waals surface area contributed by atoms with Gasteiger partial charge < -0.3 is 15.0 Å². The zero-order valence-electron chi connectivity index (χ0n) is 12.5. The van der Waals surface area contributed by atoms with Crippen LogP contribution in [0.1, 0.15) is 48.9 Å². The number of carbonyl (C=O) groups is 1. The maximum Gasteiger partial charge on any atom is 0.251 e. The van der Waals surface area contributed by atoms with E-state index < -0.39 is 0 Å². The lowest BCUT2D eigenvalue weighted by Crippen LogP contribution is -2.42. The Hall–Kier alpha value is -1.62. The van der Waals surface area contributed by atoms with Crippen molar-refractivity contribution in [1.82, 2.24) is 9.88 Å². The molecule has 0 radical (unpaired) electrons. The molecule has 0 spiro atoms. The summed E-state index contributed by atoms with van der Waals surface area (Å²) in [5, 5.41) is 12.2. The Bertz CT molecular complexity index is 533. The quantitative estimate of drug-likeness (QED) is 0.863. The van der Waals surface area contributed by atoms with E-state index in [0.29, 0.717) is 17.9 Å². The van der Waals surface area contributed by atoms with E-state index in [9.17, 15) is 14.7 Å². The average Bonchev–Trinajstić information content (AvgIpc) is 2.50. The number of nitrogens with zero attached hydrogens (tertiary/aromatic N) is 1. The fourth-order valence-corrected chi connectivity index (χ4v) is 3.04. The summed E-state index contributed by atoms with van der Waals surface area (Å²) in [6, 6.07) is 2.99. The van der Waals surface area contributed by atoms with E-state index in [2.05, 4.69) is 5.32 Å². The lowest BCUT2D eigenvalue weighted by Gasteiger charge is -2.30. The van der Waals surface area contributed by atoms with Gasteiger partial charge in [-0.05, 0) is 31.2 Å². The number of aryl methyl sites for hydroxylation is 1. The second kappa shape index (κ2) is 7.41. The van der Waals surface area contributed by atoms with E-state index in [4.69, 9.17) is 0 Å². The minimum Gasteiger partial charge on any atom is -0.396 e. The van der Waals surface area contributed by atoms with Crippen LogP contribution in [-0.4, -0.2) is 28.2 Å². The summed E-state index contributed by atoms with van der Waals surface area (Å²) < 4.78 is 1.43. The summed E-state index contributed by atoms with van der Waals surface area (Å²) in [7, 11) is 1.65. The third kappa shape index (κ3) is 4.17. The Kier molecular flexibility index (Phi) is 5.56. The zero-order chi connectivity index (χ0) is 15.2. The molecule has 1 fully saturated rings. The minimum atomic E-state index is -0.225. The van der Waals surface area contributed by atoms with Gasteiger partial charge in [-0.2, -0.15) is 0 Å². The van der Waals surface area contributed by atoms with Crippen LogP contribution in [0, 0.1) is 5.92 Å². The van der Waals surface area contributed by atoms with E-state index in [1.54, 1.807) is 19.3 Å². The summed E-state index contributed by atoms with van der Waals surface area (Å²) >= 11 is 0. The van der Waals surface area contributed by atoms with Crippen LogP contribution >= 0.6 is 0 Å². The van der Waals surface area contributed by atoms with E-state index >= 15 is 0 Å². The molecule has 1 aliphatic rings. The largest absolute Gasteiger partial charge is 0.396 e. The number of carbonyl (C=O) groups excluding carboxylic acids is 1. The van der Waals surface area contributed by atoms with Gasteiger partial charge in [0.05, 0.1) is 0 Å². The van der Waals surface area contributed by atoms with E-state index in [1.807, 2.05) is 0 Å². The van der Waals surface area contributed by atoms with Gasteiger partial charge in [0, 0.05) is 37.5 Å². The molecule has 2 rings (SSSR count). The normalized spacial score (nSPS) is 17.4. The number of aliphatic hydroxyl groups is 1. The molecule has 2 N–H and O–H groups in total. The third-order valence-corrected chi connectivity index (χ3v) is 4.34. The summed E-state index contributed by atoms with van der Waals surface area (Å²) in [5.74, 6) is 0.207. The Balaban J connectivity index is 2.06. The van der Waals surface area contributed by atoms with Crippen LogP contribution in [-0.2, 0) is 7.05 Å². The van der Waals surface area contributed by atoms with Crippen molar-refractivity contribution in [3.05, 3.63) is 34.2 Å². The molecule has 1 aliphatic carbocycles. The molecule has 5 nitrogen and oxygen atoms in total. The molecule has 1 amide bonds. The Morgan fingerprint density at radius 2 is 2.14 bits per heavy atom. The minimum absolute atomic E-state index is 0.00754. The van der Waals surface area contributed by atoms with Crippen molar-refractivity contribution in [2.45, 2.75) is 44.6 Å². The van der Waals surface area contributed by atoms with Crippen molar-refractivity contribution >= 4 is 5.91 Å².